The van der Waals surface area contributed by atoms with Crippen LogP contribution in [0.4, 0.5) is 5.69 Å². The Balaban J connectivity index is 1.83. The van der Waals surface area contributed by atoms with Gasteiger partial charge in [0.05, 0.1) is 5.69 Å². The Morgan fingerprint density at radius 2 is 1.04 bits per heavy atom. The molecule has 24 heavy (non-hydrogen) atoms. The summed E-state index contributed by atoms with van der Waals surface area (Å²) in [4.78, 5) is 13.8. The predicted molar refractivity (Wildman–Crippen MR) is 94.9 cm³/mol. The highest BCUT2D eigenvalue weighted by molar-refractivity contribution is 6.58. The molecule has 0 spiro atoms. The minimum atomic E-state index is -1.45. The van der Waals surface area contributed by atoms with E-state index in [0.29, 0.717) is 11.2 Å². The van der Waals surface area contributed by atoms with Gasteiger partial charge in [0, 0.05) is 0 Å². The number of rotatable bonds is 4. The van der Waals surface area contributed by atoms with E-state index >= 15 is 0 Å². The lowest BCUT2D eigenvalue weighted by Gasteiger charge is -2.06. The molecule has 0 radical (unpaired) electrons. The van der Waals surface area contributed by atoms with Crippen molar-refractivity contribution in [2.24, 2.45) is 4.99 Å². The first kappa shape index (κ1) is 15.9. The van der Waals surface area contributed by atoms with Crippen LogP contribution in [0.2, 0.25) is 0 Å². The molecule has 5 heteroatoms. The molecule has 0 amide bonds. The summed E-state index contributed by atoms with van der Waals surface area (Å²) < 4.78 is 0. The second-order valence-electron chi connectivity index (χ2n) is 5.32. The highest BCUT2D eigenvalue weighted by Crippen LogP contribution is 2.26. The number of nitrogens with zero attached hydrogens (tertiary/aromatic N) is 1. The fraction of sp³-hybridized carbons (Fsp3) is 0. The lowest BCUT2D eigenvalue weighted by Crippen LogP contribution is -2.29. The highest BCUT2D eigenvalue weighted by Gasteiger charge is 2.10. The van der Waals surface area contributed by atoms with Crippen LogP contribution in [0.1, 0.15) is 0 Å². The van der Waals surface area contributed by atoms with Crippen molar-refractivity contribution in [3.63, 3.8) is 0 Å². The smallest absolute Gasteiger partial charge is 0.423 e. The molecule has 0 aliphatic rings. The molecule has 0 saturated carbocycles. The number of aliphatic imine (C=N–C) groups is 1. The van der Waals surface area contributed by atoms with Gasteiger partial charge in [-0.2, -0.15) is 4.99 Å². The first-order valence-corrected chi connectivity index (χ1v) is 7.42. The van der Waals surface area contributed by atoms with Crippen molar-refractivity contribution < 1.29 is 14.8 Å². The lowest BCUT2D eigenvalue weighted by molar-refractivity contribution is 0.426. The van der Waals surface area contributed by atoms with Gasteiger partial charge in [-0.05, 0) is 39.8 Å². The second kappa shape index (κ2) is 7.07. The number of isocyanates is 1. The number of hydrogen-bond acceptors (Lipinski definition) is 4. The summed E-state index contributed by atoms with van der Waals surface area (Å²) in [5.74, 6) is 0. The SMILES string of the molecule is O=C=Nc1ccc(-c2ccc(-c3ccc(B(O)O)cc3)cc2)cc1. The third-order valence-electron chi connectivity index (χ3n) is 3.80. The molecule has 3 aromatic carbocycles. The summed E-state index contributed by atoms with van der Waals surface area (Å²) >= 11 is 0. The van der Waals surface area contributed by atoms with Crippen LogP contribution in [-0.4, -0.2) is 23.2 Å². The summed E-state index contributed by atoms with van der Waals surface area (Å²) in [6, 6.07) is 22.5. The molecule has 0 saturated heterocycles. The summed E-state index contributed by atoms with van der Waals surface area (Å²) in [7, 11) is -1.45. The molecule has 0 fully saturated rings. The van der Waals surface area contributed by atoms with Crippen LogP contribution in [0.15, 0.2) is 77.8 Å². The molecular formula is C19H14BNO3. The van der Waals surface area contributed by atoms with E-state index in [9.17, 15) is 4.79 Å². The van der Waals surface area contributed by atoms with Crippen LogP contribution < -0.4 is 5.46 Å². The summed E-state index contributed by atoms with van der Waals surface area (Å²) in [6.45, 7) is 0. The molecule has 116 valence electrons. The van der Waals surface area contributed by atoms with E-state index in [1.165, 1.54) is 6.08 Å². The second-order valence-corrected chi connectivity index (χ2v) is 5.32. The van der Waals surface area contributed by atoms with E-state index in [1.807, 2.05) is 48.5 Å². The van der Waals surface area contributed by atoms with Gasteiger partial charge in [-0.15, -0.1) is 0 Å². The van der Waals surface area contributed by atoms with E-state index < -0.39 is 7.12 Å². The normalized spacial score (nSPS) is 10.1. The van der Waals surface area contributed by atoms with Gasteiger partial charge >= 0.3 is 7.12 Å². The Labute approximate surface area is 139 Å². The van der Waals surface area contributed by atoms with Gasteiger partial charge in [0.15, 0.2) is 0 Å². The molecule has 3 rings (SSSR count). The van der Waals surface area contributed by atoms with Gasteiger partial charge in [0.1, 0.15) is 0 Å². The molecule has 0 atom stereocenters. The van der Waals surface area contributed by atoms with E-state index in [2.05, 4.69) is 4.99 Å². The Kier molecular flexibility index (Phi) is 4.68. The molecule has 3 aromatic rings. The Bertz CT molecular complexity index is 866. The third kappa shape index (κ3) is 3.50. The maximum atomic E-state index is 10.2. The molecule has 2 N–H and O–H groups in total. The molecule has 0 aromatic heterocycles. The zero-order valence-electron chi connectivity index (χ0n) is 12.8. The van der Waals surface area contributed by atoms with Gasteiger partial charge in [-0.25, -0.2) is 4.79 Å². The first-order valence-electron chi connectivity index (χ1n) is 7.42. The van der Waals surface area contributed by atoms with Crippen molar-refractivity contribution in [2.45, 2.75) is 0 Å². The van der Waals surface area contributed by atoms with Crippen molar-refractivity contribution in [2.75, 3.05) is 0 Å². The van der Waals surface area contributed by atoms with Crippen molar-refractivity contribution in [3.05, 3.63) is 72.8 Å². The summed E-state index contributed by atoms with van der Waals surface area (Å²) in [5.41, 5.74) is 5.18. The summed E-state index contributed by atoms with van der Waals surface area (Å²) in [5, 5.41) is 18.3. The maximum absolute atomic E-state index is 10.2. The fourth-order valence-corrected chi connectivity index (χ4v) is 2.48. The molecular weight excluding hydrogens is 301 g/mol. The standard InChI is InChI=1S/C19H14BNO3/c22-13-21-19-11-7-17(8-12-19)15-3-1-14(2-4-15)16-5-9-18(10-6-16)20(23)24/h1-12,23-24H. The maximum Gasteiger partial charge on any atom is 0.488 e. The van der Waals surface area contributed by atoms with Gasteiger partial charge in [-0.3, -0.25) is 0 Å². The van der Waals surface area contributed by atoms with Crippen LogP contribution in [0.3, 0.4) is 0 Å². The largest absolute Gasteiger partial charge is 0.488 e. The zero-order valence-corrected chi connectivity index (χ0v) is 12.8. The zero-order chi connectivity index (χ0) is 16.9. The van der Waals surface area contributed by atoms with Crippen molar-refractivity contribution >= 4 is 24.3 Å². The first-order chi connectivity index (χ1) is 11.7. The van der Waals surface area contributed by atoms with Gasteiger partial charge < -0.3 is 10.0 Å². The molecule has 0 heterocycles. The Morgan fingerprint density at radius 1 is 0.667 bits per heavy atom. The molecule has 0 aliphatic carbocycles. The van der Waals surface area contributed by atoms with E-state index in [0.717, 1.165) is 22.3 Å². The Morgan fingerprint density at radius 3 is 1.42 bits per heavy atom. The Hall–Kier alpha value is -2.98. The van der Waals surface area contributed by atoms with Crippen LogP contribution >= 0.6 is 0 Å². The van der Waals surface area contributed by atoms with Gasteiger partial charge in [0.2, 0.25) is 6.08 Å². The van der Waals surface area contributed by atoms with Crippen molar-refractivity contribution in [3.8, 4) is 22.3 Å². The summed E-state index contributed by atoms with van der Waals surface area (Å²) in [6.07, 6.45) is 1.52. The minimum Gasteiger partial charge on any atom is -0.423 e. The van der Waals surface area contributed by atoms with Gasteiger partial charge in [-0.1, -0.05) is 60.7 Å². The lowest BCUT2D eigenvalue weighted by atomic mass is 9.80. The van der Waals surface area contributed by atoms with Crippen LogP contribution in [0.25, 0.3) is 22.3 Å². The highest BCUT2D eigenvalue weighted by atomic mass is 16.4. The van der Waals surface area contributed by atoms with Gasteiger partial charge in [0.25, 0.3) is 0 Å². The molecule has 4 nitrogen and oxygen atoms in total. The average Bonchev–Trinajstić information content (AvgIpc) is 2.63. The quantitative estimate of drug-likeness (QED) is 0.442. The minimum absolute atomic E-state index is 0.466. The van der Waals surface area contributed by atoms with Crippen LogP contribution in [0, 0.1) is 0 Å². The fourth-order valence-electron chi connectivity index (χ4n) is 2.48. The molecule has 0 aliphatic heterocycles. The van der Waals surface area contributed by atoms with E-state index in [-0.39, 0.29) is 0 Å². The molecule has 0 bridgehead atoms. The topological polar surface area (TPSA) is 69.9 Å². The van der Waals surface area contributed by atoms with Crippen molar-refractivity contribution in [1.82, 2.24) is 0 Å². The number of benzene rings is 3. The van der Waals surface area contributed by atoms with E-state index in [1.54, 1.807) is 24.3 Å². The molecule has 0 unspecified atom stereocenters. The van der Waals surface area contributed by atoms with E-state index in [4.69, 9.17) is 10.0 Å². The monoisotopic (exact) mass is 315 g/mol. The van der Waals surface area contributed by atoms with Crippen molar-refractivity contribution in [1.29, 1.82) is 0 Å². The average molecular weight is 315 g/mol. The number of carbonyl (C=O) groups excluding carboxylic acids is 1. The third-order valence-corrected chi connectivity index (χ3v) is 3.80. The van der Waals surface area contributed by atoms with Crippen LogP contribution in [-0.2, 0) is 4.79 Å². The number of hydrogen-bond donors (Lipinski definition) is 2. The van der Waals surface area contributed by atoms with Crippen LogP contribution in [0.5, 0.6) is 0 Å². The predicted octanol–water partition coefficient (Wildman–Crippen LogP) is 2.67.